The number of halogens is 1. The number of nitrogens with one attached hydrogen (secondary N) is 1. The molecule has 8 nitrogen and oxygen atoms in total. The molecule has 3 amide bonds. The van der Waals surface area contributed by atoms with Crippen LogP contribution in [0.3, 0.4) is 0 Å². The van der Waals surface area contributed by atoms with Crippen LogP contribution in [0.15, 0.2) is 72.8 Å². The minimum absolute atomic E-state index is 0.155. The molecule has 2 saturated carbocycles. The van der Waals surface area contributed by atoms with Crippen molar-refractivity contribution in [3.8, 4) is 5.75 Å². The van der Waals surface area contributed by atoms with Gasteiger partial charge in [0.05, 0.1) is 35.9 Å². The Morgan fingerprint density at radius 2 is 1.68 bits per heavy atom. The Labute approximate surface area is 236 Å². The zero-order valence-electron chi connectivity index (χ0n) is 21.7. The fourth-order valence-electron chi connectivity index (χ4n) is 6.72. The number of carbonyl (C=O) groups is 4. The fourth-order valence-corrected chi connectivity index (χ4v) is 6.89. The predicted octanol–water partition coefficient (Wildman–Crippen LogP) is 5.07. The van der Waals surface area contributed by atoms with E-state index in [2.05, 4.69) is 17.4 Å². The number of hydrogen-bond acceptors (Lipinski definition) is 6. The first kappa shape index (κ1) is 26.1. The molecule has 3 aliphatic rings. The summed E-state index contributed by atoms with van der Waals surface area (Å²) in [6.07, 6.45) is 1.83. The monoisotopic (exact) mass is 558 g/mol. The molecule has 1 N–H and O–H groups in total. The summed E-state index contributed by atoms with van der Waals surface area (Å²) in [6.45, 7) is -0.520. The number of esters is 1. The summed E-state index contributed by atoms with van der Waals surface area (Å²) in [5.74, 6) is -1.11. The first-order valence-corrected chi connectivity index (χ1v) is 13.6. The van der Waals surface area contributed by atoms with Crippen LogP contribution in [0.5, 0.6) is 5.75 Å². The van der Waals surface area contributed by atoms with E-state index >= 15 is 0 Å². The summed E-state index contributed by atoms with van der Waals surface area (Å²) in [5.41, 5.74) is 2.21. The molecule has 3 aromatic rings. The molecule has 2 bridgehead atoms. The number of amides is 3. The Morgan fingerprint density at radius 1 is 0.950 bits per heavy atom. The first-order valence-electron chi connectivity index (χ1n) is 13.2. The molecule has 204 valence electrons. The highest BCUT2D eigenvalue weighted by atomic mass is 35.5. The van der Waals surface area contributed by atoms with Crippen LogP contribution in [0, 0.1) is 23.7 Å². The molecule has 6 rings (SSSR count). The van der Waals surface area contributed by atoms with Gasteiger partial charge in [-0.25, -0.2) is 4.79 Å². The van der Waals surface area contributed by atoms with Gasteiger partial charge in [0, 0.05) is 5.02 Å². The van der Waals surface area contributed by atoms with Crippen LogP contribution >= 0.6 is 11.6 Å². The van der Waals surface area contributed by atoms with E-state index in [9.17, 15) is 19.2 Å². The molecule has 0 spiro atoms. The number of ether oxygens (including phenoxy) is 2. The number of anilines is 2. The number of hydrogen-bond donors (Lipinski definition) is 1. The minimum Gasteiger partial charge on any atom is -0.495 e. The summed E-state index contributed by atoms with van der Waals surface area (Å²) in [4.78, 5) is 53.1. The van der Waals surface area contributed by atoms with Gasteiger partial charge >= 0.3 is 5.97 Å². The Hall–Kier alpha value is -4.17. The average molecular weight is 559 g/mol. The van der Waals surface area contributed by atoms with E-state index in [-0.39, 0.29) is 41.0 Å². The van der Waals surface area contributed by atoms with Gasteiger partial charge in [0.25, 0.3) is 5.91 Å². The molecule has 2 aliphatic carbocycles. The van der Waals surface area contributed by atoms with Crippen LogP contribution in [0.2, 0.25) is 5.02 Å². The Bertz CT molecular complexity index is 1490. The van der Waals surface area contributed by atoms with Crippen molar-refractivity contribution in [1.82, 2.24) is 0 Å². The van der Waals surface area contributed by atoms with Gasteiger partial charge in [-0.3, -0.25) is 19.3 Å². The van der Waals surface area contributed by atoms with E-state index in [1.54, 1.807) is 24.3 Å². The van der Waals surface area contributed by atoms with Crippen molar-refractivity contribution in [1.29, 1.82) is 0 Å². The van der Waals surface area contributed by atoms with E-state index in [1.165, 1.54) is 35.8 Å². The molecule has 1 heterocycles. The van der Waals surface area contributed by atoms with Crippen LogP contribution in [0.25, 0.3) is 0 Å². The quantitative estimate of drug-likeness (QED) is 0.321. The van der Waals surface area contributed by atoms with Gasteiger partial charge in [-0.1, -0.05) is 41.9 Å². The maximum Gasteiger partial charge on any atom is 0.338 e. The molecule has 1 saturated heterocycles. The van der Waals surface area contributed by atoms with Crippen molar-refractivity contribution in [2.75, 3.05) is 23.9 Å². The standard InChI is InChI=1S/C31H27ClN2O6/c1-39-25-12-9-20(32)15-24(25)33-26(35)16-40-31(38)18-7-10-21(11-8-18)34-29(36)27-19-13-22(17-5-3-2-4-6-17)23(14-19)28(27)30(34)37/h2-12,15,19,22-23,27-28H,13-14,16H2,1H3,(H,33,35)/t19-,22+,23+,27+,28+/m0/s1. The van der Waals surface area contributed by atoms with Crippen LogP contribution in [-0.2, 0) is 19.1 Å². The summed E-state index contributed by atoms with van der Waals surface area (Å²) in [5, 5.41) is 3.02. The molecular weight excluding hydrogens is 532 g/mol. The number of carbonyl (C=O) groups excluding carboxylic acids is 4. The van der Waals surface area contributed by atoms with Crippen molar-refractivity contribution in [3.05, 3.63) is 88.9 Å². The van der Waals surface area contributed by atoms with Crippen molar-refractivity contribution in [3.63, 3.8) is 0 Å². The summed E-state index contributed by atoms with van der Waals surface area (Å²) >= 11 is 5.98. The summed E-state index contributed by atoms with van der Waals surface area (Å²) in [7, 11) is 1.46. The van der Waals surface area contributed by atoms with Gasteiger partial charge in [-0.15, -0.1) is 0 Å². The van der Waals surface area contributed by atoms with Crippen molar-refractivity contribution in [2.45, 2.75) is 18.8 Å². The molecule has 40 heavy (non-hydrogen) atoms. The van der Waals surface area contributed by atoms with Gasteiger partial charge < -0.3 is 14.8 Å². The van der Waals surface area contributed by atoms with Crippen molar-refractivity contribution >= 4 is 46.7 Å². The third-order valence-corrected chi connectivity index (χ3v) is 8.61. The van der Waals surface area contributed by atoms with Gasteiger partial charge in [-0.05, 0) is 78.6 Å². The normalized spacial score (nSPS) is 24.6. The highest BCUT2D eigenvalue weighted by Crippen LogP contribution is 2.61. The van der Waals surface area contributed by atoms with E-state index in [4.69, 9.17) is 21.1 Å². The Kier molecular flexibility index (Phi) is 6.80. The first-order chi connectivity index (χ1) is 19.4. The smallest absolute Gasteiger partial charge is 0.338 e. The molecular formula is C31H27ClN2O6. The molecule has 3 aromatic carbocycles. The second-order valence-corrected chi connectivity index (χ2v) is 10.9. The molecule has 9 heteroatoms. The third-order valence-electron chi connectivity index (χ3n) is 8.37. The second kappa shape index (κ2) is 10.4. The SMILES string of the molecule is COc1ccc(Cl)cc1NC(=O)COC(=O)c1ccc(N2C(=O)[C@@H]3[C@@H]4C[C@@H]([C@H]3C2=O)[C@@H](c2ccccc2)C4)cc1. The summed E-state index contributed by atoms with van der Waals surface area (Å²) < 4.78 is 10.3. The molecule has 5 atom stereocenters. The third kappa shape index (κ3) is 4.52. The molecule has 0 radical (unpaired) electrons. The number of benzene rings is 3. The maximum atomic E-state index is 13.5. The van der Waals surface area contributed by atoms with Crippen LogP contribution < -0.4 is 15.0 Å². The van der Waals surface area contributed by atoms with Crippen LogP contribution in [0.4, 0.5) is 11.4 Å². The highest BCUT2D eigenvalue weighted by molar-refractivity contribution is 6.31. The largest absolute Gasteiger partial charge is 0.495 e. The van der Waals surface area contributed by atoms with Gasteiger partial charge in [0.15, 0.2) is 6.61 Å². The Morgan fingerprint density at radius 3 is 2.40 bits per heavy atom. The molecule has 0 unspecified atom stereocenters. The highest BCUT2D eigenvalue weighted by Gasteiger charge is 2.64. The van der Waals surface area contributed by atoms with E-state index in [1.807, 2.05) is 18.2 Å². The molecule has 0 aromatic heterocycles. The lowest BCUT2D eigenvalue weighted by atomic mass is 9.73. The maximum absolute atomic E-state index is 13.5. The topological polar surface area (TPSA) is 102 Å². The average Bonchev–Trinajstić information content (AvgIpc) is 3.63. The number of fused-ring (bicyclic) bond motifs is 5. The lowest BCUT2D eigenvalue weighted by Gasteiger charge is -2.28. The van der Waals surface area contributed by atoms with Gasteiger partial charge in [-0.2, -0.15) is 0 Å². The molecule has 3 fully saturated rings. The van der Waals surface area contributed by atoms with E-state index < -0.39 is 18.5 Å². The van der Waals surface area contributed by atoms with Gasteiger partial charge in [0.1, 0.15) is 5.75 Å². The van der Waals surface area contributed by atoms with Crippen LogP contribution in [0.1, 0.15) is 34.7 Å². The lowest BCUT2D eigenvalue weighted by molar-refractivity contribution is -0.123. The van der Waals surface area contributed by atoms with Crippen molar-refractivity contribution < 1.29 is 28.7 Å². The zero-order valence-corrected chi connectivity index (χ0v) is 22.5. The number of imide groups is 1. The number of rotatable bonds is 7. The van der Waals surface area contributed by atoms with Gasteiger partial charge in [0.2, 0.25) is 11.8 Å². The van der Waals surface area contributed by atoms with Crippen molar-refractivity contribution in [2.24, 2.45) is 23.7 Å². The minimum atomic E-state index is -0.709. The predicted molar refractivity (Wildman–Crippen MR) is 148 cm³/mol. The zero-order chi connectivity index (χ0) is 28.0. The van der Waals surface area contributed by atoms with Crippen LogP contribution in [-0.4, -0.2) is 37.4 Å². The molecule has 1 aliphatic heterocycles. The number of nitrogens with zero attached hydrogens (tertiary/aromatic N) is 1. The number of methoxy groups -OCH3 is 1. The van der Waals surface area contributed by atoms with E-state index in [0.717, 1.165) is 12.8 Å². The van der Waals surface area contributed by atoms with E-state index in [0.29, 0.717) is 28.1 Å². The second-order valence-electron chi connectivity index (χ2n) is 10.5. The summed E-state index contributed by atoms with van der Waals surface area (Å²) in [6, 6.07) is 21.1. The fraction of sp³-hybridized carbons (Fsp3) is 0.290. The lowest BCUT2D eigenvalue weighted by Crippen LogP contribution is -2.33. The Balaban J connectivity index is 1.10.